The van der Waals surface area contributed by atoms with Crippen LogP contribution in [0.15, 0.2) is 89.6 Å². The maximum Gasteiger partial charge on any atom is 0.253 e. The molecule has 0 bridgehead atoms. The molecule has 0 saturated carbocycles. The Balaban J connectivity index is 1.54. The number of ether oxygens (including phenoxy) is 6. The van der Waals surface area contributed by atoms with E-state index in [1.54, 1.807) is 28.4 Å². The zero-order chi connectivity index (χ0) is 53.4. The Morgan fingerprint density at radius 1 is 0.378 bits per heavy atom. The lowest BCUT2D eigenvalue weighted by atomic mass is 9.84. The Hall–Kier alpha value is -6.08. The molecule has 9 rings (SSSR count). The fourth-order valence-corrected chi connectivity index (χ4v) is 13.4. The summed E-state index contributed by atoms with van der Waals surface area (Å²) < 4.78 is 68.8. The highest BCUT2D eigenvalue weighted by Gasteiger charge is 2.33. The fraction of sp³-hybridized carbons (Fsp3) is 0.419. The highest BCUT2D eigenvalue weighted by Crippen LogP contribution is 2.61. The molecule has 3 heterocycles. The van der Waals surface area contributed by atoms with Crippen molar-refractivity contribution in [1.82, 2.24) is 0 Å². The van der Waals surface area contributed by atoms with Gasteiger partial charge in [-0.15, -0.1) is 0 Å². The van der Waals surface area contributed by atoms with Crippen LogP contribution >= 0.6 is 16.0 Å². The summed E-state index contributed by atoms with van der Waals surface area (Å²) in [4.78, 5) is 0. The van der Waals surface area contributed by atoms with Gasteiger partial charge in [0.15, 0.2) is 0 Å². The molecule has 6 aromatic carbocycles. The standard InChI is InChI=1S/C62H74O10P2/c1-35-21-23-49-51(57(35)73-69-53-41(27-37(63-15)31-45(53)59(3,4)5)42-28-38(64-16)32-46(54(42)70-73)60(6,7)8)52-50(68-26-20-19-25-67-49)24-22-36(2)58(52)74-71-55-43(29-39(65-17)33-47(55)61(9,10)11)44-30-40(66-18)34-48(56(44)72-74)62(12,13)14/h21-24,27-34H,19-20,25-26H2,1-18H3. The van der Waals surface area contributed by atoms with Gasteiger partial charge in [-0.1, -0.05) is 95.2 Å². The van der Waals surface area contributed by atoms with Crippen LogP contribution in [0.2, 0.25) is 0 Å². The predicted molar refractivity (Wildman–Crippen MR) is 305 cm³/mol. The minimum atomic E-state index is -2.02. The monoisotopic (exact) mass is 1040 g/mol. The van der Waals surface area contributed by atoms with E-state index in [1.165, 1.54) is 0 Å². The summed E-state index contributed by atoms with van der Waals surface area (Å²) >= 11 is 0. The largest absolute Gasteiger partial charge is 0.497 e. The molecule has 10 nitrogen and oxygen atoms in total. The van der Waals surface area contributed by atoms with Crippen LogP contribution in [0.3, 0.4) is 0 Å². The molecule has 0 radical (unpaired) electrons. The molecule has 0 N–H and O–H groups in total. The van der Waals surface area contributed by atoms with E-state index in [9.17, 15) is 0 Å². The lowest BCUT2D eigenvalue weighted by Gasteiger charge is -2.24. The van der Waals surface area contributed by atoms with Crippen LogP contribution in [0.1, 0.15) is 129 Å². The fourth-order valence-electron chi connectivity index (χ4n) is 9.97. The molecule has 0 spiro atoms. The van der Waals surface area contributed by atoms with Gasteiger partial charge in [0.1, 0.15) is 56.8 Å². The molecule has 0 fully saturated rings. The Kier molecular flexibility index (Phi) is 14.0. The maximum atomic E-state index is 7.66. The van der Waals surface area contributed by atoms with Gasteiger partial charge in [0.25, 0.3) is 16.0 Å². The lowest BCUT2D eigenvalue weighted by Crippen LogP contribution is -2.12. The average molecular weight is 1040 g/mol. The molecule has 0 saturated heterocycles. The van der Waals surface area contributed by atoms with Crippen LogP contribution in [0.25, 0.3) is 65.6 Å². The Labute approximate surface area is 438 Å². The number of rotatable bonds is 6. The normalized spacial score (nSPS) is 13.5. The predicted octanol–water partition coefficient (Wildman–Crippen LogP) is 18.9. The first-order valence-corrected chi connectivity index (χ1v) is 28.0. The van der Waals surface area contributed by atoms with Gasteiger partial charge < -0.3 is 45.2 Å². The van der Waals surface area contributed by atoms with Crippen molar-refractivity contribution in [1.29, 1.82) is 0 Å². The topological polar surface area (TPSA) is 108 Å². The van der Waals surface area contributed by atoms with Gasteiger partial charge in [0.2, 0.25) is 0 Å². The van der Waals surface area contributed by atoms with Crippen molar-refractivity contribution in [3.63, 3.8) is 0 Å². The third-order valence-electron chi connectivity index (χ3n) is 14.1. The quantitative estimate of drug-likeness (QED) is 0.160. The summed E-state index contributed by atoms with van der Waals surface area (Å²) in [5, 5.41) is 5.14. The number of hydrogen-bond donors (Lipinski definition) is 0. The molecule has 1 aliphatic heterocycles. The molecular weight excluding hydrogens is 967 g/mol. The third kappa shape index (κ3) is 9.74. The van der Waals surface area contributed by atoms with E-state index < -0.39 is 16.0 Å². The number of fused-ring (bicyclic) bond motifs is 9. The van der Waals surface area contributed by atoms with Gasteiger partial charge in [-0.25, -0.2) is 0 Å². The van der Waals surface area contributed by atoms with Crippen molar-refractivity contribution in [2.45, 2.75) is 131 Å². The van der Waals surface area contributed by atoms with E-state index in [4.69, 9.17) is 45.2 Å². The first-order chi connectivity index (χ1) is 34.9. The Morgan fingerprint density at radius 2 is 0.635 bits per heavy atom. The van der Waals surface area contributed by atoms with Gasteiger partial charge in [-0.2, -0.15) is 0 Å². The van der Waals surface area contributed by atoms with Crippen molar-refractivity contribution >= 4 is 59.9 Å². The zero-order valence-corrected chi connectivity index (χ0v) is 48.5. The molecule has 0 aliphatic carbocycles. The molecule has 8 aromatic rings. The van der Waals surface area contributed by atoms with Crippen LogP contribution in [-0.4, -0.2) is 41.7 Å². The van der Waals surface area contributed by atoms with Crippen molar-refractivity contribution in [2.24, 2.45) is 0 Å². The van der Waals surface area contributed by atoms with Crippen molar-refractivity contribution < 1.29 is 45.2 Å². The van der Waals surface area contributed by atoms with Crippen LogP contribution in [0, 0.1) is 13.8 Å². The molecule has 0 amide bonds. The lowest BCUT2D eigenvalue weighted by molar-refractivity contribution is 0.264. The molecule has 0 unspecified atom stereocenters. The summed E-state index contributed by atoms with van der Waals surface area (Å²) in [7, 11) is 2.79. The maximum absolute atomic E-state index is 7.66. The second-order valence-electron chi connectivity index (χ2n) is 23.7. The molecule has 2 aromatic heterocycles. The Bertz CT molecular complexity index is 3170. The summed E-state index contributed by atoms with van der Waals surface area (Å²) in [5.41, 5.74) is 8.90. The van der Waals surface area contributed by atoms with Gasteiger partial charge >= 0.3 is 0 Å². The van der Waals surface area contributed by atoms with Crippen LogP contribution in [-0.2, 0) is 21.7 Å². The molecule has 0 atom stereocenters. The van der Waals surface area contributed by atoms with Crippen molar-refractivity contribution in [3.8, 4) is 56.2 Å². The average Bonchev–Trinajstić information content (AvgIpc) is 3.60. The summed E-state index contributed by atoms with van der Waals surface area (Å²) in [6.45, 7) is 31.6. The summed E-state index contributed by atoms with van der Waals surface area (Å²) in [6.07, 6.45) is 1.61. The number of benzene rings is 6. The minimum Gasteiger partial charge on any atom is -0.497 e. The highest BCUT2D eigenvalue weighted by atomic mass is 31.1. The summed E-state index contributed by atoms with van der Waals surface area (Å²) in [6, 6.07) is 25.0. The van der Waals surface area contributed by atoms with Crippen LogP contribution in [0.4, 0.5) is 0 Å². The zero-order valence-electron chi connectivity index (χ0n) is 46.7. The second kappa shape index (κ2) is 19.6. The SMILES string of the molecule is COc1cc(C(C)(C)C)c2op(-c3c(C)ccc4c3-c3c(ccc(C)c3-p3oc5c(C(C)(C)C)cc(OC)cc5c5cc(OC)cc(C(C)(C)C)c5o3)OCCCCO4)oc3c(C(C)(C)C)cc(OC)cc3c2c1. The van der Waals surface area contributed by atoms with Gasteiger partial charge in [0, 0.05) is 54.9 Å². The van der Waals surface area contributed by atoms with E-state index >= 15 is 0 Å². The smallest absolute Gasteiger partial charge is 0.253 e. The van der Waals surface area contributed by atoms with Gasteiger partial charge in [-0.05, 0) is 120 Å². The second-order valence-corrected chi connectivity index (χ2v) is 26.4. The molecule has 392 valence electrons. The summed E-state index contributed by atoms with van der Waals surface area (Å²) in [5.74, 6) is 4.25. The van der Waals surface area contributed by atoms with E-state index in [0.29, 0.717) is 24.7 Å². The minimum absolute atomic E-state index is 0.365. The number of aryl methyl sites for hydroxylation is 2. The van der Waals surface area contributed by atoms with Crippen LogP contribution < -0.4 is 28.4 Å². The molecular formula is C62H74O10P2. The van der Waals surface area contributed by atoms with E-state index in [1.807, 2.05) is 0 Å². The first kappa shape index (κ1) is 52.8. The van der Waals surface area contributed by atoms with Crippen molar-refractivity contribution in [3.05, 3.63) is 106 Å². The molecule has 12 heteroatoms. The number of hydrogen-bond acceptors (Lipinski definition) is 10. The van der Waals surface area contributed by atoms with Gasteiger partial charge in [-0.3, -0.25) is 0 Å². The van der Waals surface area contributed by atoms with Gasteiger partial charge in [0.05, 0.1) is 52.3 Å². The van der Waals surface area contributed by atoms with E-state index in [0.717, 1.165) is 135 Å². The van der Waals surface area contributed by atoms with E-state index in [2.05, 4.69) is 170 Å². The third-order valence-corrected chi connectivity index (χ3v) is 17.3. The van der Waals surface area contributed by atoms with Crippen molar-refractivity contribution in [2.75, 3.05) is 41.7 Å². The number of methoxy groups -OCH3 is 4. The highest BCUT2D eigenvalue weighted by molar-refractivity contribution is 7.47. The molecule has 1 aliphatic rings. The van der Waals surface area contributed by atoms with E-state index in [-0.39, 0.29) is 21.7 Å². The first-order valence-electron chi connectivity index (χ1n) is 25.6. The molecule has 74 heavy (non-hydrogen) atoms. The Morgan fingerprint density at radius 3 is 0.865 bits per heavy atom. The van der Waals surface area contributed by atoms with Crippen LogP contribution in [0.5, 0.6) is 34.5 Å².